The zero-order valence-corrected chi connectivity index (χ0v) is 11.2. The van der Waals surface area contributed by atoms with Crippen LogP contribution in [0.4, 0.5) is 0 Å². The molecular formula is C10H17N3O4S. The lowest BCUT2D eigenvalue weighted by atomic mass is 10.3. The topological polar surface area (TPSA) is 93.5 Å². The van der Waals surface area contributed by atoms with Crippen LogP contribution in [0.3, 0.4) is 0 Å². The standard InChI is InChI=1S/C10H17N3O4S/c1-7-10(8(2)17-13-7)18(14,15)12-5-9-6-16-4-3-11-9/h9,11-12H,3-6H2,1-2H3. The summed E-state index contributed by atoms with van der Waals surface area (Å²) in [5.41, 5.74) is 0.368. The van der Waals surface area contributed by atoms with Crippen LogP contribution in [0, 0.1) is 13.8 Å². The summed E-state index contributed by atoms with van der Waals surface area (Å²) in [6.07, 6.45) is 0. The van der Waals surface area contributed by atoms with E-state index in [0.29, 0.717) is 24.7 Å². The van der Waals surface area contributed by atoms with Crippen LogP contribution in [-0.4, -0.2) is 45.9 Å². The van der Waals surface area contributed by atoms with E-state index >= 15 is 0 Å². The van der Waals surface area contributed by atoms with E-state index < -0.39 is 10.0 Å². The molecule has 0 bridgehead atoms. The zero-order valence-electron chi connectivity index (χ0n) is 10.4. The van der Waals surface area contributed by atoms with Gasteiger partial charge in [-0.2, -0.15) is 0 Å². The Morgan fingerprint density at radius 1 is 1.50 bits per heavy atom. The molecule has 1 aliphatic rings. The average Bonchev–Trinajstić information content (AvgIpc) is 2.69. The molecule has 0 amide bonds. The summed E-state index contributed by atoms with van der Waals surface area (Å²) in [4.78, 5) is 0.124. The Morgan fingerprint density at radius 2 is 2.28 bits per heavy atom. The van der Waals surface area contributed by atoms with Crippen molar-refractivity contribution in [1.82, 2.24) is 15.2 Å². The van der Waals surface area contributed by atoms with Gasteiger partial charge in [0.15, 0.2) is 5.76 Å². The summed E-state index contributed by atoms with van der Waals surface area (Å²) in [7, 11) is -3.58. The van der Waals surface area contributed by atoms with E-state index in [4.69, 9.17) is 9.26 Å². The Morgan fingerprint density at radius 3 is 2.83 bits per heavy atom. The molecule has 7 nitrogen and oxygen atoms in total. The lowest BCUT2D eigenvalue weighted by molar-refractivity contribution is 0.0784. The van der Waals surface area contributed by atoms with Crippen molar-refractivity contribution in [3.8, 4) is 0 Å². The van der Waals surface area contributed by atoms with Crippen molar-refractivity contribution in [2.45, 2.75) is 24.8 Å². The van der Waals surface area contributed by atoms with Crippen LogP contribution in [0.25, 0.3) is 0 Å². The van der Waals surface area contributed by atoms with Crippen LogP contribution < -0.4 is 10.0 Å². The minimum atomic E-state index is -3.58. The maximum Gasteiger partial charge on any atom is 0.246 e. The van der Waals surface area contributed by atoms with E-state index in [1.807, 2.05) is 0 Å². The van der Waals surface area contributed by atoms with Crippen LogP contribution in [0.15, 0.2) is 9.42 Å². The van der Waals surface area contributed by atoms with Crippen molar-refractivity contribution >= 4 is 10.0 Å². The highest BCUT2D eigenvalue weighted by Crippen LogP contribution is 2.18. The average molecular weight is 275 g/mol. The molecule has 18 heavy (non-hydrogen) atoms. The third-order valence-electron chi connectivity index (χ3n) is 2.75. The Balaban J connectivity index is 2.03. The number of nitrogens with one attached hydrogen (secondary N) is 2. The second-order valence-corrected chi connectivity index (χ2v) is 5.93. The fourth-order valence-electron chi connectivity index (χ4n) is 1.89. The van der Waals surface area contributed by atoms with Gasteiger partial charge in [0.25, 0.3) is 0 Å². The van der Waals surface area contributed by atoms with Gasteiger partial charge in [-0.25, -0.2) is 13.1 Å². The van der Waals surface area contributed by atoms with Crippen molar-refractivity contribution in [3.05, 3.63) is 11.5 Å². The molecule has 1 unspecified atom stereocenters. The van der Waals surface area contributed by atoms with E-state index in [0.717, 1.165) is 6.54 Å². The third-order valence-corrected chi connectivity index (χ3v) is 4.42. The predicted molar refractivity (Wildman–Crippen MR) is 63.8 cm³/mol. The normalized spacial score (nSPS) is 21.1. The van der Waals surface area contributed by atoms with Gasteiger partial charge < -0.3 is 14.6 Å². The van der Waals surface area contributed by atoms with Gasteiger partial charge in [0, 0.05) is 19.1 Å². The molecule has 0 spiro atoms. The minimum Gasteiger partial charge on any atom is -0.378 e. The lowest BCUT2D eigenvalue weighted by Crippen LogP contribution is -2.48. The molecule has 1 saturated heterocycles. The number of nitrogens with zero attached hydrogens (tertiary/aromatic N) is 1. The molecule has 102 valence electrons. The summed E-state index contributed by atoms with van der Waals surface area (Å²) in [5.74, 6) is 0.299. The summed E-state index contributed by atoms with van der Waals surface area (Å²) in [5, 5.41) is 6.82. The van der Waals surface area contributed by atoms with Gasteiger partial charge in [0.2, 0.25) is 10.0 Å². The van der Waals surface area contributed by atoms with Crippen molar-refractivity contribution in [3.63, 3.8) is 0 Å². The van der Waals surface area contributed by atoms with Gasteiger partial charge in [0.1, 0.15) is 10.6 Å². The van der Waals surface area contributed by atoms with Gasteiger partial charge >= 0.3 is 0 Å². The number of hydrogen-bond donors (Lipinski definition) is 2. The molecular weight excluding hydrogens is 258 g/mol. The van der Waals surface area contributed by atoms with Crippen molar-refractivity contribution in [2.24, 2.45) is 0 Å². The van der Waals surface area contributed by atoms with Gasteiger partial charge in [-0.1, -0.05) is 5.16 Å². The number of sulfonamides is 1. The van der Waals surface area contributed by atoms with E-state index in [2.05, 4.69) is 15.2 Å². The monoisotopic (exact) mass is 275 g/mol. The Labute approximate surface area is 106 Å². The minimum absolute atomic E-state index is 0.00556. The molecule has 2 heterocycles. The second kappa shape index (κ2) is 5.35. The van der Waals surface area contributed by atoms with Crippen LogP contribution in [0.2, 0.25) is 0 Å². The van der Waals surface area contributed by atoms with Crippen molar-refractivity contribution in [2.75, 3.05) is 26.3 Å². The van der Waals surface area contributed by atoms with Crippen LogP contribution in [0.5, 0.6) is 0 Å². The molecule has 0 saturated carbocycles. The first kappa shape index (κ1) is 13.5. The summed E-state index contributed by atoms with van der Waals surface area (Å²) in [6.45, 7) is 5.37. The molecule has 0 radical (unpaired) electrons. The molecule has 1 aromatic rings. The van der Waals surface area contributed by atoms with Gasteiger partial charge in [0.05, 0.1) is 13.2 Å². The van der Waals surface area contributed by atoms with Crippen LogP contribution in [0.1, 0.15) is 11.5 Å². The fraction of sp³-hybridized carbons (Fsp3) is 0.700. The SMILES string of the molecule is Cc1noc(C)c1S(=O)(=O)NCC1COCCN1. The molecule has 1 aliphatic heterocycles. The third kappa shape index (κ3) is 2.89. The maximum atomic E-state index is 12.1. The van der Waals surface area contributed by atoms with Crippen LogP contribution >= 0.6 is 0 Å². The fourth-order valence-corrected chi connectivity index (χ4v) is 3.30. The number of aryl methyl sites for hydroxylation is 2. The van der Waals surface area contributed by atoms with E-state index in [-0.39, 0.29) is 17.5 Å². The molecule has 0 aromatic carbocycles. The van der Waals surface area contributed by atoms with Gasteiger partial charge in [-0.15, -0.1) is 0 Å². The molecule has 2 N–H and O–H groups in total. The zero-order chi connectivity index (χ0) is 13.2. The van der Waals surface area contributed by atoms with E-state index in [1.54, 1.807) is 13.8 Å². The molecule has 1 aromatic heterocycles. The van der Waals surface area contributed by atoms with Crippen molar-refractivity contribution < 1.29 is 17.7 Å². The highest BCUT2D eigenvalue weighted by atomic mass is 32.2. The second-order valence-electron chi connectivity index (χ2n) is 4.23. The van der Waals surface area contributed by atoms with E-state index in [1.165, 1.54) is 0 Å². The van der Waals surface area contributed by atoms with Gasteiger partial charge in [-0.3, -0.25) is 0 Å². The highest BCUT2D eigenvalue weighted by Gasteiger charge is 2.25. The first-order valence-corrected chi connectivity index (χ1v) is 7.22. The number of morpholine rings is 1. The number of ether oxygens (including phenoxy) is 1. The number of rotatable bonds is 4. The molecule has 2 rings (SSSR count). The lowest BCUT2D eigenvalue weighted by Gasteiger charge is -2.23. The van der Waals surface area contributed by atoms with E-state index in [9.17, 15) is 8.42 Å². The highest BCUT2D eigenvalue weighted by molar-refractivity contribution is 7.89. The quantitative estimate of drug-likeness (QED) is 0.773. The summed E-state index contributed by atoms with van der Waals surface area (Å²) in [6, 6.07) is -0.00556. The summed E-state index contributed by atoms with van der Waals surface area (Å²) >= 11 is 0. The first-order chi connectivity index (χ1) is 8.50. The molecule has 0 aliphatic carbocycles. The van der Waals surface area contributed by atoms with Crippen molar-refractivity contribution in [1.29, 1.82) is 0 Å². The summed E-state index contributed by atoms with van der Waals surface area (Å²) < 4.78 is 36.9. The largest absolute Gasteiger partial charge is 0.378 e. The first-order valence-electron chi connectivity index (χ1n) is 5.74. The predicted octanol–water partition coefficient (Wildman–Crippen LogP) is -0.442. The van der Waals surface area contributed by atoms with Crippen LogP contribution in [-0.2, 0) is 14.8 Å². The Bertz CT molecular complexity index is 486. The number of hydrogen-bond acceptors (Lipinski definition) is 6. The number of aromatic nitrogens is 1. The van der Waals surface area contributed by atoms with Gasteiger partial charge in [-0.05, 0) is 13.8 Å². The Hall–Kier alpha value is -0.960. The molecule has 1 fully saturated rings. The molecule has 1 atom stereocenters. The molecule has 8 heteroatoms. The smallest absolute Gasteiger partial charge is 0.246 e. The Kier molecular flexibility index (Phi) is 4.00. The maximum absolute atomic E-state index is 12.1.